The van der Waals surface area contributed by atoms with Gasteiger partial charge in [0, 0.05) is 50.2 Å². The van der Waals surface area contributed by atoms with Gasteiger partial charge in [0.2, 0.25) is 0 Å². The SMILES string of the molecule is C=C(/C=C(C)\C=C/CCN1CCCC12CCN(/C(=C\CC)n1ccc(C(=O)O)n1)CC2)N1CCOCC1. The number of morpholine rings is 1. The fourth-order valence-corrected chi connectivity index (χ4v) is 5.93. The van der Waals surface area contributed by atoms with Gasteiger partial charge in [0.05, 0.1) is 13.2 Å². The molecule has 4 rings (SSSR count). The Morgan fingerprint density at radius 1 is 1.16 bits per heavy atom. The highest BCUT2D eigenvalue weighted by atomic mass is 16.5. The highest BCUT2D eigenvalue weighted by Gasteiger charge is 2.43. The molecule has 0 saturated carbocycles. The number of carboxylic acids is 1. The van der Waals surface area contributed by atoms with E-state index < -0.39 is 5.97 Å². The minimum atomic E-state index is -0.990. The first-order valence-corrected chi connectivity index (χ1v) is 13.8. The Morgan fingerprint density at radius 3 is 2.59 bits per heavy atom. The number of rotatable bonds is 10. The summed E-state index contributed by atoms with van der Waals surface area (Å²) < 4.78 is 7.16. The summed E-state index contributed by atoms with van der Waals surface area (Å²) >= 11 is 0. The number of carbonyl (C=O) groups is 1. The van der Waals surface area contributed by atoms with Gasteiger partial charge in [0.1, 0.15) is 5.82 Å². The van der Waals surface area contributed by atoms with E-state index in [0.717, 1.165) is 83.1 Å². The average molecular weight is 510 g/mol. The number of aromatic nitrogens is 2. The maximum atomic E-state index is 11.3. The lowest BCUT2D eigenvalue weighted by Gasteiger charge is -2.46. The molecule has 4 heterocycles. The molecule has 0 aliphatic carbocycles. The largest absolute Gasteiger partial charge is 0.476 e. The van der Waals surface area contributed by atoms with Crippen LogP contribution in [0.4, 0.5) is 0 Å². The van der Waals surface area contributed by atoms with Crippen LogP contribution in [-0.4, -0.2) is 93.6 Å². The monoisotopic (exact) mass is 509 g/mol. The van der Waals surface area contributed by atoms with Gasteiger partial charge in [-0.2, -0.15) is 5.10 Å². The van der Waals surface area contributed by atoms with Crippen LogP contribution in [0.3, 0.4) is 0 Å². The number of likely N-dealkylation sites (tertiary alicyclic amines) is 2. The first kappa shape index (κ1) is 27.2. The Balaban J connectivity index is 1.29. The fraction of sp³-hybridized carbons (Fsp3) is 0.586. The van der Waals surface area contributed by atoms with Gasteiger partial charge in [0.25, 0.3) is 0 Å². The average Bonchev–Trinajstić information content (AvgIpc) is 3.54. The van der Waals surface area contributed by atoms with Gasteiger partial charge in [-0.15, -0.1) is 0 Å². The number of ether oxygens (including phenoxy) is 1. The van der Waals surface area contributed by atoms with Crippen LogP contribution >= 0.6 is 0 Å². The van der Waals surface area contributed by atoms with E-state index in [9.17, 15) is 9.90 Å². The first-order chi connectivity index (χ1) is 17.9. The van der Waals surface area contributed by atoms with Gasteiger partial charge in [0.15, 0.2) is 5.69 Å². The maximum Gasteiger partial charge on any atom is 0.356 e. The molecule has 0 aromatic carbocycles. The van der Waals surface area contributed by atoms with Crippen LogP contribution in [0.5, 0.6) is 0 Å². The summed E-state index contributed by atoms with van der Waals surface area (Å²) in [5.41, 5.74) is 2.68. The number of aromatic carboxylic acids is 1. The lowest BCUT2D eigenvalue weighted by Crippen LogP contribution is -2.52. The van der Waals surface area contributed by atoms with E-state index in [1.54, 1.807) is 16.9 Å². The minimum absolute atomic E-state index is 0.0843. The molecule has 3 aliphatic rings. The molecule has 1 N–H and O–H groups in total. The van der Waals surface area contributed by atoms with Crippen LogP contribution in [0.25, 0.3) is 5.82 Å². The van der Waals surface area contributed by atoms with Gasteiger partial charge >= 0.3 is 5.97 Å². The molecule has 3 saturated heterocycles. The Labute approximate surface area is 221 Å². The van der Waals surface area contributed by atoms with Crippen molar-refractivity contribution in [3.8, 4) is 0 Å². The highest BCUT2D eigenvalue weighted by Crippen LogP contribution is 2.39. The number of piperidine rings is 1. The molecule has 0 amide bonds. The third-order valence-electron chi connectivity index (χ3n) is 7.95. The van der Waals surface area contributed by atoms with Crippen molar-refractivity contribution in [3.63, 3.8) is 0 Å². The molecule has 1 spiro atoms. The van der Waals surface area contributed by atoms with Crippen LogP contribution < -0.4 is 0 Å². The lowest BCUT2D eigenvalue weighted by atomic mass is 9.85. The standard InChI is InChI=1S/C29H43N5O3/c1-4-8-27(34-16-10-26(30-34)28(35)36)32-17-12-29(13-18-32)11-7-15-33(29)14-6-5-9-24(2)23-25(3)31-19-21-37-22-20-31/h5,8-10,16,23H,3-4,6-7,11-15,17-22H2,1-2H3,(H,35,36)/b9-5-,24-23-,27-8+. The van der Waals surface area contributed by atoms with Crippen LogP contribution in [0.2, 0.25) is 0 Å². The van der Waals surface area contributed by atoms with Crippen LogP contribution in [0.1, 0.15) is 62.9 Å². The molecule has 37 heavy (non-hydrogen) atoms. The third-order valence-corrected chi connectivity index (χ3v) is 7.95. The molecule has 1 aromatic heterocycles. The van der Waals surface area contributed by atoms with Crippen LogP contribution in [0.15, 0.2) is 54.4 Å². The summed E-state index contributed by atoms with van der Waals surface area (Å²) in [6.45, 7) is 16.1. The Morgan fingerprint density at radius 2 is 1.92 bits per heavy atom. The van der Waals surface area contributed by atoms with E-state index in [2.05, 4.69) is 64.5 Å². The predicted molar refractivity (Wildman–Crippen MR) is 147 cm³/mol. The minimum Gasteiger partial charge on any atom is -0.476 e. The van der Waals surface area contributed by atoms with Crippen LogP contribution in [-0.2, 0) is 4.74 Å². The van der Waals surface area contributed by atoms with E-state index in [0.29, 0.717) is 0 Å². The number of carboxylic acid groups (broad SMARTS) is 1. The van der Waals surface area contributed by atoms with E-state index in [1.807, 2.05) is 0 Å². The van der Waals surface area contributed by atoms with Gasteiger partial charge in [-0.05, 0) is 75.8 Å². The molecule has 0 unspecified atom stereocenters. The summed E-state index contributed by atoms with van der Waals surface area (Å²) in [6, 6.07) is 1.57. The smallest absolute Gasteiger partial charge is 0.356 e. The summed E-state index contributed by atoms with van der Waals surface area (Å²) in [5, 5.41) is 13.6. The van der Waals surface area contributed by atoms with Crippen molar-refractivity contribution in [2.24, 2.45) is 0 Å². The summed E-state index contributed by atoms with van der Waals surface area (Å²) in [6.07, 6.45) is 17.3. The van der Waals surface area contributed by atoms with Crippen molar-refractivity contribution < 1.29 is 14.6 Å². The fourth-order valence-electron chi connectivity index (χ4n) is 5.93. The number of hydrogen-bond acceptors (Lipinski definition) is 6. The molecule has 3 aliphatic heterocycles. The highest BCUT2D eigenvalue weighted by molar-refractivity contribution is 5.85. The van der Waals surface area contributed by atoms with Crippen molar-refractivity contribution >= 4 is 11.8 Å². The van der Waals surface area contributed by atoms with Crippen molar-refractivity contribution in [3.05, 3.63) is 60.1 Å². The Bertz CT molecular complexity index is 1030. The second-order valence-corrected chi connectivity index (χ2v) is 10.4. The molecule has 3 fully saturated rings. The van der Waals surface area contributed by atoms with E-state index in [4.69, 9.17) is 4.74 Å². The zero-order valence-corrected chi connectivity index (χ0v) is 22.6. The summed E-state index contributed by atoms with van der Waals surface area (Å²) in [4.78, 5) is 18.7. The van der Waals surface area contributed by atoms with Gasteiger partial charge < -0.3 is 19.6 Å². The summed E-state index contributed by atoms with van der Waals surface area (Å²) in [7, 11) is 0. The van der Waals surface area contributed by atoms with Gasteiger partial charge in [-0.3, -0.25) is 4.90 Å². The maximum absolute atomic E-state index is 11.3. The van der Waals surface area contributed by atoms with E-state index in [1.165, 1.54) is 25.0 Å². The van der Waals surface area contributed by atoms with Gasteiger partial charge in [-0.25, -0.2) is 9.48 Å². The second-order valence-electron chi connectivity index (χ2n) is 10.4. The quantitative estimate of drug-likeness (QED) is 0.467. The Hall–Kier alpha value is -2.84. The number of nitrogens with zero attached hydrogens (tertiary/aromatic N) is 5. The normalized spacial score (nSPS) is 21.4. The lowest BCUT2D eigenvalue weighted by molar-refractivity contribution is 0.0556. The number of allylic oxidation sites excluding steroid dienone is 4. The molecular weight excluding hydrogens is 466 g/mol. The second kappa shape index (κ2) is 12.6. The van der Waals surface area contributed by atoms with Crippen molar-refractivity contribution in [1.29, 1.82) is 0 Å². The van der Waals surface area contributed by atoms with Crippen molar-refractivity contribution in [2.75, 3.05) is 52.5 Å². The summed E-state index contributed by atoms with van der Waals surface area (Å²) in [5.74, 6) is 0.00817. The molecule has 8 nitrogen and oxygen atoms in total. The molecule has 0 radical (unpaired) electrons. The Kier molecular flexibility index (Phi) is 9.27. The third kappa shape index (κ3) is 6.73. The first-order valence-electron chi connectivity index (χ1n) is 13.8. The molecule has 8 heteroatoms. The zero-order chi connectivity index (χ0) is 26.3. The van der Waals surface area contributed by atoms with Crippen molar-refractivity contribution in [1.82, 2.24) is 24.5 Å². The molecule has 0 bridgehead atoms. The molecule has 1 aromatic rings. The topological polar surface area (TPSA) is 74.1 Å². The predicted octanol–water partition coefficient (Wildman–Crippen LogP) is 4.46. The number of hydrogen-bond donors (Lipinski definition) is 1. The molecule has 0 atom stereocenters. The van der Waals surface area contributed by atoms with Crippen molar-refractivity contribution in [2.45, 2.75) is 57.9 Å². The molecule has 202 valence electrons. The van der Waals surface area contributed by atoms with E-state index >= 15 is 0 Å². The van der Waals surface area contributed by atoms with E-state index in [-0.39, 0.29) is 11.2 Å². The van der Waals surface area contributed by atoms with Crippen LogP contribution in [0, 0.1) is 0 Å². The zero-order valence-electron chi connectivity index (χ0n) is 22.6. The molecular formula is C29H43N5O3. The van der Waals surface area contributed by atoms with Gasteiger partial charge in [-0.1, -0.05) is 25.7 Å².